The van der Waals surface area contributed by atoms with Gasteiger partial charge in [-0.15, -0.1) is 0 Å². The third-order valence-corrected chi connectivity index (χ3v) is 5.55. The summed E-state index contributed by atoms with van der Waals surface area (Å²) < 4.78 is 13.3. The first-order chi connectivity index (χ1) is 12.7. The van der Waals surface area contributed by atoms with Crippen LogP contribution in [0.25, 0.3) is 0 Å². The van der Waals surface area contributed by atoms with E-state index in [4.69, 9.17) is 34.8 Å². The Kier molecular flexibility index (Phi) is 8.22. The molecule has 0 heterocycles. The molecule has 0 aliphatic carbocycles. The predicted octanol–water partition coefficient (Wildman–Crippen LogP) is 6.77. The molecule has 1 atom stereocenters. The number of halogens is 5. The Morgan fingerprint density at radius 3 is 2.48 bits per heavy atom. The molecular formula is C19H19BrCl3FN2O. The minimum atomic E-state index is -1.29. The number of benzene rings is 2. The van der Waals surface area contributed by atoms with Crippen LogP contribution in [-0.4, -0.2) is 16.4 Å². The van der Waals surface area contributed by atoms with Crippen LogP contribution in [0.3, 0.4) is 0 Å². The minimum Gasteiger partial charge on any atom is -0.363 e. The number of nitrogens with one attached hydrogen (secondary N) is 2. The third kappa shape index (κ3) is 6.53. The Labute approximate surface area is 181 Å². The molecule has 1 amide bonds. The number of amides is 1. The van der Waals surface area contributed by atoms with E-state index in [9.17, 15) is 9.18 Å². The molecule has 2 rings (SSSR count). The molecule has 2 N–H and O–H groups in total. The van der Waals surface area contributed by atoms with Gasteiger partial charge in [0.15, 0.2) is 4.33 Å². The van der Waals surface area contributed by atoms with Gasteiger partial charge in [0.25, 0.3) is 5.91 Å². The van der Waals surface area contributed by atoms with Crippen LogP contribution in [0, 0.1) is 5.82 Å². The molecule has 0 aliphatic rings. The van der Waals surface area contributed by atoms with Gasteiger partial charge in [-0.2, -0.15) is 0 Å². The monoisotopic (exact) mass is 494 g/mol. The van der Waals surface area contributed by atoms with Crippen LogP contribution >= 0.6 is 50.7 Å². The SMILES string of the molecule is CCCCC(Cl)(Cl)C(NC(=O)c1ccc(Br)cc1)Nc1ccc(Cl)c(F)c1. The Morgan fingerprint density at radius 1 is 1.22 bits per heavy atom. The molecule has 0 spiro atoms. The molecule has 0 saturated carbocycles. The second-order valence-electron chi connectivity index (χ2n) is 6.05. The van der Waals surface area contributed by atoms with E-state index >= 15 is 0 Å². The summed E-state index contributed by atoms with van der Waals surface area (Å²) in [6, 6.07) is 11.1. The van der Waals surface area contributed by atoms with Crippen molar-refractivity contribution in [2.75, 3.05) is 5.32 Å². The summed E-state index contributed by atoms with van der Waals surface area (Å²) >= 11 is 22.1. The Bertz CT molecular complexity index is 787. The highest BCUT2D eigenvalue weighted by atomic mass is 79.9. The maximum absolute atomic E-state index is 13.8. The third-order valence-electron chi connectivity index (χ3n) is 3.90. The highest BCUT2D eigenvalue weighted by Crippen LogP contribution is 2.33. The molecule has 8 heteroatoms. The highest BCUT2D eigenvalue weighted by Gasteiger charge is 2.36. The van der Waals surface area contributed by atoms with Gasteiger partial charge in [-0.1, -0.05) is 70.5 Å². The number of hydrogen-bond acceptors (Lipinski definition) is 2. The molecule has 0 saturated heterocycles. The van der Waals surface area contributed by atoms with Gasteiger partial charge < -0.3 is 10.6 Å². The van der Waals surface area contributed by atoms with E-state index < -0.39 is 16.3 Å². The predicted molar refractivity (Wildman–Crippen MR) is 114 cm³/mol. The molecule has 1 unspecified atom stereocenters. The van der Waals surface area contributed by atoms with E-state index in [2.05, 4.69) is 26.6 Å². The van der Waals surface area contributed by atoms with Gasteiger partial charge in [0.2, 0.25) is 0 Å². The standard InChI is InChI=1S/C19H19BrCl3FN2O/c1-2-3-10-19(22,23)18(25-14-8-9-15(21)16(24)11-14)26-17(27)12-4-6-13(20)7-5-12/h4-9,11,18,25H,2-3,10H2,1H3,(H,26,27). The zero-order chi connectivity index (χ0) is 20.0. The molecule has 2 aromatic rings. The van der Waals surface area contributed by atoms with E-state index in [-0.39, 0.29) is 10.9 Å². The first-order valence-electron chi connectivity index (χ1n) is 8.39. The summed E-state index contributed by atoms with van der Waals surface area (Å²) in [6.07, 6.45) is 1.27. The number of anilines is 1. The lowest BCUT2D eigenvalue weighted by Crippen LogP contribution is -2.51. The Balaban J connectivity index is 2.24. The summed E-state index contributed by atoms with van der Waals surface area (Å²) in [5.41, 5.74) is 0.854. The summed E-state index contributed by atoms with van der Waals surface area (Å²) in [5.74, 6) is -0.931. The molecule has 0 radical (unpaired) electrons. The van der Waals surface area contributed by atoms with Crippen molar-refractivity contribution in [1.29, 1.82) is 0 Å². The average Bonchev–Trinajstić information content (AvgIpc) is 2.63. The molecule has 0 aliphatic heterocycles. The Hall–Kier alpha value is -1.01. The maximum Gasteiger partial charge on any atom is 0.252 e. The zero-order valence-electron chi connectivity index (χ0n) is 14.5. The second kappa shape index (κ2) is 9.97. The molecule has 3 nitrogen and oxygen atoms in total. The van der Waals surface area contributed by atoms with Crippen molar-refractivity contribution >= 4 is 62.3 Å². The van der Waals surface area contributed by atoms with Crippen LogP contribution in [0.5, 0.6) is 0 Å². The number of carbonyl (C=O) groups excluding carboxylic acids is 1. The lowest BCUT2D eigenvalue weighted by molar-refractivity contribution is 0.0937. The van der Waals surface area contributed by atoms with E-state index in [0.717, 1.165) is 17.3 Å². The van der Waals surface area contributed by atoms with Gasteiger partial charge in [0.05, 0.1) is 5.02 Å². The molecule has 0 fully saturated rings. The highest BCUT2D eigenvalue weighted by molar-refractivity contribution is 9.10. The van der Waals surface area contributed by atoms with Crippen molar-refractivity contribution in [1.82, 2.24) is 5.32 Å². The van der Waals surface area contributed by atoms with Crippen molar-refractivity contribution in [3.8, 4) is 0 Å². The normalized spacial score (nSPS) is 12.5. The van der Waals surface area contributed by atoms with Crippen LogP contribution in [0.15, 0.2) is 46.9 Å². The molecule has 0 aromatic heterocycles. The molecule has 2 aromatic carbocycles. The van der Waals surface area contributed by atoms with Crippen LogP contribution in [0.2, 0.25) is 5.02 Å². The quantitative estimate of drug-likeness (QED) is 0.313. The molecule has 0 bridgehead atoms. The number of hydrogen-bond donors (Lipinski definition) is 2. The van der Waals surface area contributed by atoms with Gasteiger partial charge >= 0.3 is 0 Å². The van der Waals surface area contributed by atoms with Gasteiger partial charge in [0.1, 0.15) is 12.0 Å². The molecule has 27 heavy (non-hydrogen) atoms. The van der Waals surface area contributed by atoms with E-state index in [1.807, 2.05) is 6.92 Å². The van der Waals surface area contributed by atoms with Crippen LogP contribution in [0.4, 0.5) is 10.1 Å². The van der Waals surface area contributed by atoms with Gasteiger partial charge in [-0.3, -0.25) is 4.79 Å². The first kappa shape index (κ1) is 22.3. The summed E-state index contributed by atoms with van der Waals surface area (Å²) in [7, 11) is 0. The van der Waals surface area contributed by atoms with Crippen LogP contribution < -0.4 is 10.6 Å². The average molecular weight is 497 g/mol. The minimum absolute atomic E-state index is 0.00462. The van der Waals surface area contributed by atoms with Crippen molar-refractivity contribution < 1.29 is 9.18 Å². The fraction of sp³-hybridized carbons (Fsp3) is 0.316. The lowest BCUT2D eigenvalue weighted by Gasteiger charge is -2.32. The van der Waals surface area contributed by atoms with Crippen molar-refractivity contribution in [2.45, 2.75) is 36.7 Å². The van der Waals surface area contributed by atoms with Crippen molar-refractivity contribution in [3.63, 3.8) is 0 Å². The number of unbranched alkanes of at least 4 members (excludes halogenated alkanes) is 1. The van der Waals surface area contributed by atoms with Crippen molar-refractivity contribution in [3.05, 3.63) is 63.3 Å². The zero-order valence-corrected chi connectivity index (χ0v) is 18.4. The fourth-order valence-electron chi connectivity index (χ4n) is 2.37. The van der Waals surface area contributed by atoms with Gasteiger partial charge in [-0.25, -0.2) is 4.39 Å². The largest absolute Gasteiger partial charge is 0.363 e. The first-order valence-corrected chi connectivity index (χ1v) is 10.3. The fourth-order valence-corrected chi connectivity index (χ4v) is 3.24. The number of rotatable bonds is 8. The Morgan fingerprint density at radius 2 is 1.89 bits per heavy atom. The summed E-state index contributed by atoms with van der Waals surface area (Å²) in [5, 5.41) is 5.81. The van der Waals surface area contributed by atoms with Crippen molar-refractivity contribution in [2.24, 2.45) is 0 Å². The van der Waals surface area contributed by atoms with E-state index in [0.29, 0.717) is 17.7 Å². The topological polar surface area (TPSA) is 41.1 Å². The van der Waals surface area contributed by atoms with Crippen LogP contribution in [0.1, 0.15) is 36.5 Å². The smallest absolute Gasteiger partial charge is 0.252 e. The molecule has 146 valence electrons. The molecular weight excluding hydrogens is 477 g/mol. The van der Waals surface area contributed by atoms with E-state index in [1.165, 1.54) is 12.1 Å². The van der Waals surface area contributed by atoms with Gasteiger partial charge in [0, 0.05) is 15.7 Å². The van der Waals surface area contributed by atoms with Gasteiger partial charge in [-0.05, 0) is 48.9 Å². The second-order valence-corrected chi connectivity index (χ2v) is 8.92. The lowest BCUT2D eigenvalue weighted by atomic mass is 10.1. The van der Waals surface area contributed by atoms with Crippen LogP contribution in [-0.2, 0) is 0 Å². The summed E-state index contributed by atoms with van der Waals surface area (Å²) in [6.45, 7) is 2.02. The van der Waals surface area contributed by atoms with E-state index in [1.54, 1.807) is 30.3 Å². The number of alkyl halides is 2. The summed E-state index contributed by atoms with van der Waals surface area (Å²) in [4.78, 5) is 12.6. The maximum atomic E-state index is 13.8. The number of carbonyl (C=O) groups is 1.